The molecule has 1 N–H and O–H groups in total. The molecule has 3 aromatic rings. The molecule has 4 rings (SSSR count). The molecule has 1 aliphatic heterocycles. The summed E-state index contributed by atoms with van der Waals surface area (Å²) in [5, 5.41) is 3.60. The van der Waals surface area contributed by atoms with Crippen molar-refractivity contribution in [3.05, 3.63) is 94.1 Å². The van der Waals surface area contributed by atoms with E-state index in [0.717, 1.165) is 11.1 Å². The van der Waals surface area contributed by atoms with Gasteiger partial charge in [-0.2, -0.15) is 0 Å². The van der Waals surface area contributed by atoms with Crippen LogP contribution in [0, 0.1) is 13.8 Å². The van der Waals surface area contributed by atoms with Gasteiger partial charge in [0.2, 0.25) is 0 Å². The standard InChI is InChI=1S/C25H21ClN2O3/c1-15-9-10-17(13-16(15)2)22-23(27-20-14-18(26)11-12-21(20)31-3)25(30)28(24(22)29)19-7-5-4-6-8-19/h4-14,27H,1-3H3. The lowest BCUT2D eigenvalue weighted by Gasteiger charge is -2.16. The molecule has 0 bridgehead atoms. The fourth-order valence-corrected chi connectivity index (χ4v) is 3.71. The van der Waals surface area contributed by atoms with E-state index in [2.05, 4.69) is 5.32 Å². The normalized spacial score (nSPS) is 13.7. The van der Waals surface area contributed by atoms with Crippen LogP contribution < -0.4 is 15.0 Å². The summed E-state index contributed by atoms with van der Waals surface area (Å²) >= 11 is 6.17. The van der Waals surface area contributed by atoms with Gasteiger partial charge in [0, 0.05) is 5.02 Å². The van der Waals surface area contributed by atoms with Crippen LogP contribution in [-0.4, -0.2) is 18.9 Å². The van der Waals surface area contributed by atoms with Crippen LogP contribution in [0.3, 0.4) is 0 Å². The number of hydrogen-bond donors (Lipinski definition) is 1. The monoisotopic (exact) mass is 432 g/mol. The summed E-state index contributed by atoms with van der Waals surface area (Å²) in [6.45, 7) is 3.98. The van der Waals surface area contributed by atoms with Crippen LogP contribution in [-0.2, 0) is 9.59 Å². The number of hydrogen-bond acceptors (Lipinski definition) is 4. The summed E-state index contributed by atoms with van der Waals surface area (Å²) in [4.78, 5) is 28.1. The Balaban J connectivity index is 1.88. The molecule has 0 unspecified atom stereocenters. The Morgan fingerprint density at radius 3 is 2.29 bits per heavy atom. The highest BCUT2D eigenvalue weighted by Gasteiger charge is 2.40. The predicted octanol–water partition coefficient (Wildman–Crippen LogP) is 5.36. The molecule has 2 amide bonds. The number of imide groups is 1. The molecule has 1 heterocycles. The highest BCUT2D eigenvalue weighted by Crippen LogP contribution is 2.36. The van der Waals surface area contributed by atoms with E-state index in [1.807, 2.05) is 38.1 Å². The topological polar surface area (TPSA) is 58.6 Å². The summed E-state index contributed by atoms with van der Waals surface area (Å²) in [6.07, 6.45) is 0. The average Bonchev–Trinajstić information content (AvgIpc) is 3.00. The molecule has 1 aliphatic rings. The SMILES string of the molecule is COc1ccc(Cl)cc1NC1=C(c2ccc(C)c(C)c2)C(=O)N(c2ccccc2)C1=O. The number of ether oxygens (including phenoxy) is 1. The molecule has 0 spiro atoms. The number of para-hydroxylation sites is 1. The Labute approximate surface area is 185 Å². The van der Waals surface area contributed by atoms with Crippen LogP contribution in [0.1, 0.15) is 16.7 Å². The van der Waals surface area contributed by atoms with Crippen LogP contribution in [0.5, 0.6) is 5.75 Å². The molecule has 0 aliphatic carbocycles. The number of aryl methyl sites for hydroxylation is 2. The van der Waals surface area contributed by atoms with Gasteiger partial charge < -0.3 is 10.1 Å². The first-order chi connectivity index (χ1) is 14.9. The fourth-order valence-electron chi connectivity index (χ4n) is 3.53. The molecule has 31 heavy (non-hydrogen) atoms. The summed E-state index contributed by atoms with van der Waals surface area (Å²) in [5.41, 5.74) is 4.30. The molecule has 5 nitrogen and oxygen atoms in total. The van der Waals surface area contributed by atoms with Gasteiger partial charge in [0.1, 0.15) is 11.4 Å². The summed E-state index contributed by atoms with van der Waals surface area (Å²) in [7, 11) is 1.53. The maximum absolute atomic E-state index is 13.5. The zero-order valence-corrected chi connectivity index (χ0v) is 18.2. The van der Waals surface area contributed by atoms with E-state index in [4.69, 9.17) is 16.3 Å². The summed E-state index contributed by atoms with van der Waals surface area (Å²) in [5.74, 6) is -0.316. The number of amides is 2. The molecule has 0 aromatic heterocycles. The molecule has 0 radical (unpaired) electrons. The first-order valence-electron chi connectivity index (χ1n) is 9.77. The second-order valence-electron chi connectivity index (χ2n) is 7.30. The molecular weight excluding hydrogens is 412 g/mol. The molecule has 0 fully saturated rings. The van der Waals surface area contributed by atoms with E-state index in [0.29, 0.717) is 33.3 Å². The van der Waals surface area contributed by atoms with Crippen molar-refractivity contribution in [3.63, 3.8) is 0 Å². The third-order valence-electron chi connectivity index (χ3n) is 5.32. The lowest BCUT2D eigenvalue weighted by atomic mass is 9.99. The van der Waals surface area contributed by atoms with Crippen molar-refractivity contribution in [2.24, 2.45) is 0 Å². The van der Waals surface area contributed by atoms with Gasteiger partial charge in [0.15, 0.2) is 0 Å². The highest BCUT2D eigenvalue weighted by molar-refractivity contribution is 6.46. The quantitative estimate of drug-likeness (QED) is 0.551. The maximum Gasteiger partial charge on any atom is 0.282 e. The van der Waals surface area contributed by atoms with Crippen molar-refractivity contribution in [1.82, 2.24) is 0 Å². The van der Waals surface area contributed by atoms with Gasteiger partial charge >= 0.3 is 0 Å². The Kier molecular flexibility index (Phi) is 5.53. The van der Waals surface area contributed by atoms with E-state index in [1.54, 1.807) is 42.5 Å². The Morgan fingerprint density at radius 2 is 1.61 bits per heavy atom. The number of methoxy groups -OCH3 is 1. The minimum Gasteiger partial charge on any atom is -0.495 e. The van der Waals surface area contributed by atoms with Gasteiger partial charge in [-0.15, -0.1) is 0 Å². The number of nitrogens with zero attached hydrogens (tertiary/aromatic N) is 1. The van der Waals surface area contributed by atoms with Gasteiger partial charge in [-0.05, 0) is 60.9 Å². The van der Waals surface area contributed by atoms with Crippen LogP contribution >= 0.6 is 11.6 Å². The maximum atomic E-state index is 13.5. The zero-order chi connectivity index (χ0) is 22.1. The number of nitrogens with one attached hydrogen (secondary N) is 1. The van der Waals surface area contributed by atoms with Gasteiger partial charge in [0.25, 0.3) is 11.8 Å². The Hall–Kier alpha value is -3.57. The molecule has 0 atom stereocenters. The lowest BCUT2D eigenvalue weighted by Crippen LogP contribution is -2.32. The number of rotatable bonds is 5. The van der Waals surface area contributed by atoms with E-state index in [9.17, 15) is 9.59 Å². The first kappa shape index (κ1) is 20.7. The zero-order valence-electron chi connectivity index (χ0n) is 17.4. The minimum atomic E-state index is -0.438. The van der Waals surface area contributed by atoms with Crippen LogP contribution in [0.4, 0.5) is 11.4 Å². The number of carbonyl (C=O) groups is 2. The Morgan fingerprint density at radius 1 is 0.871 bits per heavy atom. The van der Waals surface area contributed by atoms with E-state index in [-0.39, 0.29) is 11.6 Å². The van der Waals surface area contributed by atoms with E-state index < -0.39 is 5.91 Å². The largest absolute Gasteiger partial charge is 0.495 e. The van der Waals surface area contributed by atoms with Crippen LogP contribution in [0.25, 0.3) is 5.57 Å². The summed E-state index contributed by atoms with van der Waals surface area (Å²) in [6, 6.07) is 19.7. The van der Waals surface area contributed by atoms with Crippen molar-refractivity contribution in [1.29, 1.82) is 0 Å². The smallest absolute Gasteiger partial charge is 0.282 e. The highest BCUT2D eigenvalue weighted by atomic mass is 35.5. The van der Waals surface area contributed by atoms with Crippen LogP contribution in [0.2, 0.25) is 5.02 Å². The number of anilines is 2. The van der Waals surface area contributed by atoms with Crippen molar-refractivity contribution in [3.8, 4) is 5.75 Å². The van der Waals surface area contributed by atoms with Crippen molar-refractivity contribution in [2.75, 3.05) is 17.3 Å². The first-order valence-corrected chi connectivity index (χ1v) is 10.1. The number of benzene rings is 3. The molecule has 0 saturated heterocycles. The number of carbonyl (C=O) groups excluding carboxylic acids is 2. The minimum absolute atomic E-state index is 0.178. The van der Waals surface area contributed by atoms with Gasteiger partial charge in [-0.25, -0.2) is 4.90 Å². The summed E-state index contributed by atoms with van der Waals surface area (Å²) < 4.78 is 5.41. The molecular formula is C25H21ClN2O3. The predicted molar refractivity (Wildman–Crippen MR) is 123 cm³/mol. The molecule has 156 valence electrons. The van der Waals surface area contributed by atoms with Gasteiger partial charge in [-0.1, -0.05) is 48.0 Å². The van der Waals surface area contributed by atoms with Gasteiger partial charge in [-0.3, -0.25) is 9.59 Å². The van der Waals surface area contributed by atoms with Crippen molar-refractivity contribution < 1.29 is 14.3 Å². The Bertz CT molecular complexity index is 1220. The van der Waals surface area contributed by atoms with Crippen molar-refractivity contribution >= 4 is 40.4 Å². The second-order valence-corrected chi connectivity index (χ2v) is 7.74. The fraction of sp³-hybridized carbons (Fsp3) is 0.120. The third-order valence-corrected chi connectivity index (χ3v) is 5.55. The van der Waals surface area contributed by atoms with Crippen molar-refractivity contribution in [2.45, 2.75) is 13.8 Å². The van der Waals surface area contributed by atoms with Gasteiger partial charge in [0.05, 0.1) is 24.1 Å². The lowest BCUT2D eigenvalue weighted by molar-refractivity contribution is -0.120. The van der Waals surface area contributed by atoms with E-state index >= 15 is 0 Å². The number of halogens is 1. The molecule has 6 heteroatoms. The third kappa shape index (κ3) is 3.80. The van der Waals surface area contributed by atoms with E-state index in [1.165, 1.54) is 12.0 Å². The molecule has 3 aromatic carbocycles. The second kappa shape index (κ2) is 8.28. The average molecular weight is 433 g/mol. The molecule has 0 saturated carbocycles. The van der Waals surface area contributed by atoms with Crippen LogP contribution in [0.15, 0.2) is 72.4 Å².